The fourth-order valence-electron chi connectivity index (χ4n) is 2.39. The monoisotopic (exact) mass is 321 g/mol. The molecule has 0 bridgehead atoms. The Balaban J connectivity index is 1.82. The molecule has 1 aromatic carbocycles. The van der Waals surface area contributed by atoms with Crippen LogP contribution < -0.4 is 11.2 Å². The number of carbonyl (C=O) groups excluding carboxylic acids is 2. The van der Waals surface area contributed by atoms with E-state index in [-0.39, 0.29) is 12.2 Å². The van der Waals surface area contributed by atoms with Crippen LogP contribution in [0.15, 0.2) is 60.0 Å². The zero-order valence-corrected chi connectivity index (χ0v) is 12.7. The Kier molecular flexibility index (Phi) is 4.33. The predicted molar refractivity (Wildman–Crippen MR) is 90.4 cm³/mol. The molecular weight excluding hydrogens is 306 g/mol. The SMILES string of the molecule is NC(=O)Cn1cc(/C=N\NC(=O)c2ccccn2)c2ccccc21. The van der Waals surface area contributed by atoms with Gasteiger partial charge in [0.1, 0.15) is 12.2 Å². The Morgan fingerprint density at radius 1 is 1.21 bits per heavy atom. The van der Waals surface area contributed by atoms with E-state index in [0.717, 1.165) is 16.5 Å². The van der Waals surface area contributed by atoms with E-state index in [2.05, 4.69) is 15.5 Å². The molecular formula is C17H15N5O2. The standard InChI is InChI=1S/C17H15N5O2/c18-16(23)11-22-10-12(13-5-1-2-7-15(13)22)9-20-21-17(24)14-6-3-4-8-19-14/h1-10H,11H2,(H2,18,23)(H,21,24)/b20-9-. The van der Waals surface area contributed by atoms with Gasteiger partial charge in [0.25, 0.3) is 5.91 Å². The van der Waals surface area contributed by atoms with Crippen LogP contribution >= 0.6 is 0 Å². The number of hydrogen-bond donors (Lipinski definition) is 2. The Hall–Kier alpha value is -3.48. The zero-order chi connectivity index (χ0) is 16.9. The van der Waals surface area contributed by atoms with Gasteiger partial charge in [-0.15, -0.1) is 0 Å². The minimum absolute atomic E-state index is 0.0780. The Morgan fingerprint density at radius 2 is 2.00 bits per heavy atom. The average molecular weight is 321 g/mol. The van der Waals surface area contributed by atoms with Crippen molar-refractivity contribution in [2.24, 2.45) is 10.8 Å². The quantitative estimate of drug-likeness (QED) is 0.546. The van der Waals surface area contributed by atoms with Gasteiger partial charge in [-0.05, 0) is 18.2 Å². The molecule has 0 aliphatic heterocycles. The third-order valence-electron chi connectivity index (χ3n) is 3.41. The van der Waals surface area contributed by atoms with Crippen LogP contribution in [0.3, 0.4) is 0 Å². The topological polar surface area (TPSA) is 102 Å². The molecule has 2 amide bonds. The number of para-hydroxylation sites is 1. The molecule has 2 aromatic heterocycles. The number of hydrazone groups is 1. The Labute approximate surface area is 137 Å². The number of rotatable bonds is 5. The lowest BCUT2D eigenvalue weighted by Gasteiger charge is -2.00. The number of aromatic nitrogens is 2. The number of benzene rings is 1. The average Bonchev–Trinajstić information content (AvgIpc) is 2.93. The van der Waals surface area contributed by atoms with Gasteiger partial charge in [-0.2, -0.15) is 5.10 Å². The molecule has 7 heteroatoms. The van der Waals surface area contributed by atoms with Gasteiger partial charge in [-0.1, -0.05) is 24.3 Å². The van der Waals surface area contributed by atoms with Gasteiger partial charge in [-0.3, -0.25) is 14.6 Å². The first kappa shape index (κ1) is 15.4. The van der Waals surface area contributed by atoms with Gasteiger partial charge < -0.3 is 10.3 Å². The van der Waals surface area contributed by atoms with Crippen LogP contribution in [0.1, 0.15) is 16.1 Å². The molecule has 0 radical (unpaired) electrons. The molecule has 3 N–H and O–H groups in total. The number of hydrogen-bond acceptors (Lipinski definition) is 4. The van der Waals surface area contributed by atoms with Crippen LogP contribution in [0, 0.1) is 0 Å². The van der Waals surface area contributed by atoms with Gasteiger partial charge >= 0.3 is 0 Å². The molecule has 0 saturated carbocycles. The molecule has 0 aliphatic rings. The molecule has 0 unspecified atom stereocenters. The van der Waals surface area contributed by atoms with Crippen LogP contribution in [0.25, 0.3) is 10.9 Å². The predicted octanol–water partition coefficient (Wildman–Crippen LogP) is 1.29. The first-order chi connectivity index (χ1) is 11.6. The van der Waals surface area contributed by atoms with Crippen molar-refractivity contribution >= 4 is 28.9 Å². The highest BCUT2D eigenvalue weighted by Crippen LogP contribution is 2.19. The number of nitrogens with zero attached hydrogens (tertiary/aromatic N) is 3. The van der Waals surface area contributed by atoms with E-state index in [1.807, 2.05) is 24.3 Å². The van der Waals surface area contributed by atoms with E-state index in [0.29, 0.717) is 0 Å². The second-order valence-corrected chi connectivity index (χ2v) is 5.11. The summed E-state index contributed by atoms with van der Waals surface area (Å²) in [6.45, 7) is 0.0780. The van der Waals surface area contributed by atoms with E-state index in [1.54, 1.807) is 29.0 Å². The molecule has 120 valence electrons. The van der Waals surface area contributed by atoms with Gasteiger partial charge in [-0.25, -0.2) is 5.43 Å². The van der Waals surface area contributed by atoms with Gasteiger partial charge in [0.05, 0.1) is 6.21 Å². The lowest BCUT2D eigenvalue weighted by Crippen LogP contribution is -2.18. The van der Waals surface area contributed by atoms with Gasteiger partial charge in [0.2, 0.25) is 5.91 Å². The summed E-state index contributed by atoms with van der Waals surface area (Å²) in [6.07, 6.45) is 4.84. The number of fused-ring (bicyclic) bond motifs is 1. The van der Waals surface area contributed by atoms with Crippen molar-refractivity contribution in [2.45, 2.75) is 6.54 Å². The number of carbonyl (C=O) groups is 2. The summed E-state index contributed by atoms with van der Waals surface area (Å²) in [5, 5.41) is 4.88. The first-order valence-electron chi connectivity index (χ1n) is 7.26. The van der Waals surface area contributed by atoms with Crippen LogP contribution in [0.2, 0.25) is 0 Å². The maximum atomic E-state index is 11.9. The summed E-state index contributed by atoms with van der Waals surface area (Å²) in [7, 11) is 0. The highest BCUT2D eigenvalue weighted by molar-refractivity contribution is 6.00. The second kappa shape index (κ2) is 6.74. The summed E-state index contributed by atoms with van der Waals surface area (Å²) in [5.41, 5.74) is 9.62. The molecule has 3 rings (SSSR count). The minimum atomic E-state index is -0.428. The third-order valence-corrected chi connectivity index (χ3v) is 3.41. The number of nitrogens with one attached hydrogen (secondary N) is 1. The van der Waals surface area contributed by atoms with Gasteiger partial charge in [0.15, 0.2) is 0 Å². The van der Waals surface area contributed by atoms with Crippen molar-refractivity contribution in [3.05, 3.63) is 66.1 Å². The van der Waals surface area contributed by atoms with E-state index in [4.69, 9.17) is 5.73 Å². The van der Waals surface area contributed by atoms with Crippen molar-refractivity contribution in [1.29, 1.82) is 0 Å². The highest BCUT2D eigenvalue weighted by Gasteiger charge is 2.08. The molecule has 0 fully saturated rings. The first-order valence-corrected chi connectivity index (χ1v) is 7.26. The minimum Gasteiger partial charge on any atom is -0.368 e. The summed E-state index contributed by atoms with van der Waals surface area (Å²) in [5.74, 6) is -0.824. The summed E-state index contributed by atoms with van der Waals surface area (Å²) < 4.78 is 1.75. The summed E-state index contributed by atoms with van der Waals surface area (Å²) in [6, 6.07) is 12.6. The molecule has 0 saturated heterocycles. The number of nitrogens with two attached hydrogens (primary N) is 1. The number of primary amides is 1. The van der Waals surface area contributed by atoms with Crippen LogP contribution in [0.4, 0.5) is 0 Å². The lowest BCUT2D eigenvalue weighted by molar-refractivity contribution is -0.118. The maximum absolute atomic E-state index is 11.9. The van der Waals surface area contributed by atoms with E-state index in [9.17, 15) is 9.59 Å². The van der Waals surface area contributed by atoms with E-state index < -0.39 is 11.8 Å². The molecule has 7 nitrogen and oxygen atoms in total. The molecule has 2 heterocycles. The largest absolute Gasteiger partial charge is 0.368 e. The Morgan fingerprint density at radius 3 is 2.75 bits per heavy atom. The van der Waals surface area contributed by atoms with Crippen molar-refractivity contribution < 1.29 is 9.59 Å². The van der Waals surface area contributed by atoms with E-state index in [1.165, 1.54) is 12.4 Å². The number of pyridine rings is 1. The highest BCUT2D eigenvalue weighted by atomic mass is 16.2. The fraction of sp³-hybridized carbons (Fsp3) is 0.0588. The van der Waals surface area contributed by atoms with E-state index >= 15 is 0 Å². The smallest absolute Gasteiger partial charge is 0.289 e. The zero-order valence-electron chi connectivity index (χ0n) is 12.7. The van der Waals surface area contributed by atoms with Crippen LogP contribution in [-0.4, -0.2) is 27.6 Å². The fourth-order valence-corrected chi connectivity index (χ4v) is 2.39. The normalized spacial score (nSPS) is 11.0. The second-order valence-electron chi connectivity index (χ2n) is 5.11. The van der Waals surface area contributed by atoms with Crippen molar-refractivity contribution in [1.82, 2.24) is 15.0 Å². The van der Waals surface area contributed by atoms with Crippen LogP contribution in [0.5, 0.6) is 0 Å². The third kappa shape index (κ3) is 3.30. The van der Waals surface area contributed by atoms with Crippen LogP contribution in [-0.2, 0) is 11.3 Å². The lowest BCUT2D eigenvalue weighted by atomic mass is 10.2. The number of amides is 2. The molecule has 3 aromatic rings. The van der Waals surface area contributed by atoms with Crippen molar-refractivity contribution in [2.75, 3.05) is 0 Å². The molecule has 24 heavy (non-hydrogen) atoms. The Bertz CT molecular complexity index is 915. The summed E-state index contributed by atoms with van der Waals surface area (Å²) in [4.78, 5) is 27.0. The molecule has 0 aliphatic carbocycles. The molecule has 0 spiro atoms. The molecule has 0 atom stereocenters. The maximum Gasteiger partial charge on any atom is 0.289 e. The summed E-state index contributed by atoms with van der Waals surface area (Å²) >= 11 is 0. The van der Waals surface area contributed by atoms with Crippen molar-refractivity contribution in [3.63, 3.8) is 0 Å². The van der Waals surface area contributed by atoms with Crippen molar-refractivity contribution in [3.8, 4) is 0 Å². The van der Waals surface area contributed by atoms with Gasteiger partial charge in [0, 0.05) is 28.9 Å².